The van der Waals surface area contributed by atoms with Gasteiger partial charge in [0.2, 0.25) is 0 Å². The monoisotopic (exact) mass is 279 g/mol. The third kappa shape index (κ3) is 3.02. The Balaban J connectivity index is 2.55. The van der Waals surface area contributed by atoms with Gasteiger partial charge < -0.3 is 5.32 Å². The van der Waals surface area contributed by atoms with Crippen molar-refractivity contribution in [3.05, 3.63) is 70.5 Å². The molecule has 0 saturated carbocycles. The lowest BCUT2D eigenvalue weighted by molar-refractivity contribution is 0.522. The van der Waals surface area contributed by atoms with E-state index in [0.717, 1.165) is 23.8 Å². The minimum Gasteiger partial charge on any atom is -0.306 e. The van der Waals surface area contributed by atoms with Gasteiger partial charge in [-0.1, -0.05) is 24.6 Å². The van der Waals surface area contributed by atoms with Gasteiger partial charge in [-0.15, -0.1) is 0 Å². The molecule has 0 aliphatic heterocycles. The van der Waals surface area contributed by atoms with Crippen LogP contribution >= 0.6 is 0 Å². The summed E-state index contributed by atoms with van der Waals surface area (Å²) in [5, 5.41) is 3.00. The average Bonchev–Trinajstić information content (AvgIpc) is 2.42. The van der Waals surface area contributed by atoms with Gasteiger partial charge in [0, 0.05) is 11.1 Å². The van der Waals surface area contributed by atoms with Crippen molar-refractivity contribution < 1.29 is 13.2 Å². The van der Waals surface area contributed by atoms with E-state index in [1.54, 1.807) is 12.1 Å². The number of nitrogens with one attached hydrogen (secondary N) is 1. The summed E-state index contributed by atoms with van der Waals surface area (Å²) in [6.45, 7) is 4.17. The topological polar surface area (TPSA) is 12.0 Å². The molecule has 0 aromatic heterocycles. The van der Waals surface area contributed by atoms with Gasteiger partial charge in [-0.3, -0.25) is 0 Å². The van der Waals surface area contributed by atoms with E-state index in [1.807, 2.05) is 13.8 Å². The van der Waals surface area contributed by atoms with Gasteiger partial charge in [-0.05, 0) is 37.7 Å². The summed E-state index contributed by atoms with van der Waals surface area (Å²) >= 11 is 0. The predicted molar refractivity (Wildman–Crippen MR) is 73.0 cm³/mol. The van der Waals surface area contributed by atoms with Crippen LogP contribution in [0.2, 0.25) is 0 Å². The Hall–Kier alpha value is -1.81. The molecule has 0 amide bonds. The lowest BCUT2D eigenvalue weighted by Gasteiger charge is -2.20. The number of hydrogen-bond acceptors (Lipinski definition) is 1. The van der Waals surface area contributed by atoms with Crippen molar-refractivity contribution in [3.63, 3.8) is 0 Å². The SMILES string of the molecule is CCNC(c1cc(C)ccc1F)c1cc(F)ccc1F. The third-order valence-corrected chi connectivity index (χ3v) is 3.14. The van der Waals surface area contributed by atoms with Crippen LogP contribution in [0.4, 0.5) is 13.2 Å². The van der Waals surface area contributed by atoms with Crippen LogP contribution in [-0.2, 0) is 0 Å². The molecule has 4 heteroatoms. The van der Waals surface area contributed by atoms with Gasteiger partial charge in [-0.25, -0.2) is 13.2 Å². The van der Waals surface area contributed by atoms with Crippen molar-refractivity contribution in [3.8, 4) is 0 Å². The highest BCUT2D eigenvalue weighted by atomic mass is 19.1. The van der Waals surface area contributed by atoms with Crippen molar-refractivity contribution in [2.75, 3.05) is 6.54 Å². The molecule has 1 atom stereocenters. The second-order valence-corrected chi connectivity index (χ2v) is 4.68. The van der Waals surface area contributed by atoms with Crippen molar-refractivity contribution in [1.82, 2.24) is 5.32 Å². The lowest BCUT2D eigenvalue weighted by atomic mass is 9.96. The standard InChI is InChI=1S/C16H16F3N/c1-3-20-16(12-8-10(2)4-6-14(12)18)13-9-11(17)5-7-15(13)19/h4-9,16,20H,3H2,1-2H3. The van der Waals surface area contributed by atoms with E-state index in [4.69, 9.17) is 0 Å². The highest BCUT2D eigenvalue weighted by Gasteiger charge is 2.21. The van der Waals surface area contributed by atoms with Gasteiger partial charge in [-0.2, -0.15) is 0 Å². The minimum absolute atomic E-state index is 0.108. The van der Waals surface area contributed by atoms with E-state index in [0.29, 0.717) is 12.1 Å². The maximum absolute atomic E-state index is 14.0. The van der Waals surface area contributed by atoms with E-state index in [9.17, 15) is 13.2 Å². The fourth-order valence-corrected chi connectivity index (χ4v) is 2.21. The van der Waals surface area contributed by atoms with Gasteiger partial charge in [0.05, 0.1) is 6.04 Å². The van der Waals surface area contributed by atoms with Crippen LogP contribution in [0.25, 0.3) is 0 Å². The molecule has 0 heterocycles. The zero-order valence-electron chi connectivity index (χ0n) is 11.4. The number of rotatable bonds is 4. The summed E-state index contributed by atoms with van der Waals surface area (Å²) in [6.07, 6.45) is 0. The molecule has 0 saturated heterocycles. The average molecular weight is 279 g/mol. The first-order valence-electron chi connectivity index (χ1n) is 6.47. The Morgan fingerprint density at radius 3 is 2.20 bits per heavy atom. The summed E-state index contributed by atoms with van der Waals surface area (Å²) in [4.78, 5) is 0. The van der Waals surface area contributed by atoms with Crippen molar-refractivity contribution in [1.29, 1.82) is 0 Å². The summed E-state index contributed by atoms with van der Waals surface area (Å²) < 4.78 is 41.3. The van der Waals surface area contributed by atoms with Crippen LogP contribution in [0.1, 0.15) is 29.7 Å². The Bertz CT molecular complexity index is 559. The predicted octanol–water partition coefficient (Wildman–Crippen LogP) is 4.11. The first-order chi connectivity index (χ1) is 9.52. The molecule has 20 heavy (non-hydrogen) atoms. The second kappa shape index (κ2) is 6.09. The van der Waals surface area contributed by atoms with Gasteiger partial charge in [0.25, 0.3) is 0 Å². The minimum atomic E-state index is -0.712. The fourth-order valence-electron chi connectivity index (χ4n) is 2.21. The van der Waals surface area contributed by atoms with Gasteiger partial charge in [0.1, 0.15) is 17.5 Å². The highest BCUT2D eigenvalue weighted by Crippen LogP contribution is 2.27. The van der Waals surface area contributed by atoms with Crippen LogP contribution in [0.15, 0.2) is 36.4 Å². The Morgan fingerprint density at radius 1 is 0.950 bits per heavy atom. The molecule has 0 bridgehead atoms. The zero-order valence-corrected chi connectivity index (χ0v) is 11.4. The van der Waals surface area contributed by atoms with Gasteiger partial charge >= 0.3 is 0 Å². The molecule has 1 N–H and O–H groups in total. The summed E-state index contributed by atoms with van der Waals surface area (Å²) in [7, 11) is 0. The Morgan fingerprint density at radius 2 is 1.55 bits per heavy atom. The molecular weight excluding hydrogens is 263 g/mol. The molecule has 0 fully saturated rings. The fraction of sp³-hybridized carbons (Fsp3) is 0.250. The Kier molecular flexibility index (Phi) is 4.45. The number of benzene rings is 2. The van der Waals surface area contributed by atoms with Crippen molar-refractivity contribution >= 4 is 0 Å². The summed E-state index contributed by atoms with van der Waals surface area (Å²) in [5.74, 6) is -1.54. The molecule has 1 unspecified atom stereocenters. The van der Waals surface area contributed by atoms with Crippen molar-refractivity contribution in [2.24, 2.45) is 0 Å². The van der Waals surface area contributed by atoms with E-state index in [1.165, 1.54) is 6.07 Å². The molecular formula is C16H16F3N. The van der Waals surface area contributed by atoms with E-state index in [2.05, 4.69) is 5.32 Å². The molecule has 0 spiro atoms. The van der Waals surface area contributed by atoms with E-state index < -0.39 is 23.5 Å². The molecule has 2 aromatic carbocycles. The molecule has 106 valence electrons. The molecule has 2 aromatic rings. The molecule has 0 radical (unpaired) electrons. The second-order valence-electron chi connectivity index (χ2n) is 4.68. The first-order valence-corrected chi connectivity index (χ1v) is 6.47. The maximum atomic E-state index is 14.0. The molecule has 0 aliphatic rings. The number of halogens is 3. The van der Waals surface area contributed by atoms with Crippen LogP contribution in [-0.4, -0.2) is 6.54 Å². The van der Waals surface area contributed by atoms with Crippen LogP contribution < -0.4 is 5.32 Å². The normalized spacial score (nSPS) is 12.4. The lowest BCUT2D eigenvalue weighted by Crippen LogP contribution is -2.24. The van der Waals surface area contributed by atoms with E-state index >= 15 is 0 Å². The van der Waals surface area contributed by atoms with Crippen LogP contribution in [0, 0.1) is 24.4 Å². The summed E-state index contributed by atoms with van der Waals surface area (Å²) in [5.41, 5.74) is 1.29. The van der Waals surface area contributed by atoms with Crippen LogP contribution in [0.3, 0.4) is 0 Å². The van der Waals surface area contributed by atoms with Crippen LogP contribution in [0.5, 0.6) is 0 Å². The van der Waals surface area contributed by atoms with Crippen molar-refractivity contribution in [2.45, 2.75) is 19.9 Å². The summed E-state index contributed by atoms with van der Waals surface area (Å²) in [6, 6.07) is 7.13. The largest absolute Gasteiger partial charge is 0.306 e. The number of aryl methyl sites for hydroxylation is 1. The molecule has 2 rings (SSSR count). The first kappa shape index (κ1) is 14.6. The third-order valence-electron chi connectivity index (χ3n) is 3.14. The highest BCUT2D eigenvalue weighted by molar-refractivity contribution is 5.36. The maximum Gasteiger partial charge on any atom is 0.128 e. The molecule has 0 aliphatic carbocycles. The zero-order chi connectivity index (χ0) is 14.7. The quantitative estimate of drug-likeness (QED) is 0.888. The Labute approximate surface area is 116 Å². The smallest absolute Gasteiger partial charge is 0.128 e. The number of hydrogen-bond donors (Lipinski definition) is 1. The van der Waals surface area contributed by atoms with E-state index in [-0.39, 0.29) is 5.56 Å². The van der Waals surface area contributed by atoms with Gasteiger partial charge in [0.15, 0.2) is 0 Å². The molecule has 1 nitrogen and oxygen atoms in total.